The lowest BCUT2D eigenvalue weighted by molar-refractivity contribution is 0.355. The summed E-state index contributed by atoms with van der Waals surface area (Å²) in [4.78, 5) is 5.32. The molecule has 88 valence electrons. The molecular weight excluding hydrogens is 302 g/mol. The van der Waals surface area contributed by atoms with E-state index in [2.05, 4.69) is 32.1 Å². The van der Waals surface area contributed by atoms with Gasteiger partial charge in [0.1, 0.15) is 0 Å². The maximum atomic E-state index is 8.53. The molecule has 0 aliphatic rings. The van der Waals surface area contributed by atoms with E-state index in [-0.39, 0.29) is 5.92 Å². The van der Waals surface area contributed by atoms with Crippen LogP contribution in [0.3, 0.4) is 0 Å². The van der Waals surface area contributed by atoms with Crippen molar-refractivity contribution in [1.82, 2.24) is 10.1 Å². The van der Waals surface area contributed by atoms with Gasteiger partial charge in [0.15, 0.2) is 0 Å². The van der Waals surface area contributed by atoms with Crippen LogP contribution in [0.2, 0.25) is 0 Å². The summed E-state index contributed by atoms with van der Waals surface area (Å²) >= 11 is 4.95. The fourth-order valence-corrected chi connectivity index (χ4v) is 2.72. The normalized spacial score (nSPS) is 12.3. The van der Waals surface area contributed by atoms with Gasteiger partial charge in [-0.25, -0.2) is 0 Å². The monoisotopic (exact) mass is 311 g/mol. The van der Waals surface area contributed by atoms with Gasteiger partial charge in [0.25, 0.3) is 0 Å². The largest absolute Gasteiger partial charge is 0.339 e. The molecule has 0 spiro atoms. The van der Waals surface area contributed by atoms with Gasteiger partial charge in [0.2, 0.25) is 11.7 Å². The lowest BCUT2D eigenvalue weighted by Gasteiger charge is -2.00. The average Bonchev–Trinajstić information content (AvgIpc) is 2.93. The third-order valence-electron chi connectivity index (χ3n) is 2.34. The Morgan fingerprint density at radius 3 is 3.12 bits per heavy atom. The second kappa shape index (κ2) is 5.43. The Labute approximate surface area is 111 Å². The molecule has 0 aliphatic heterocycles. The molecular formula is C11H10BrN3OS. The van der Waals surface area contributed by atoms with E-state index >= 15 is 0 Å². The third kappa shape index (κ3) is 2.93. The Morgan fingerprint density at radius 1 is 1.65 bits per heavy atom. The van der Waals surface area contributed by atoms with Crippen LogP contribution in [0.4, 0.5) is 0 Å². The first-order valence-electron chi connectivity index (χ1n) is 5.15. The van der Waals surface area contributed by atoms with Crippen LogP contribution in [0.5, 0.6) is 0 Å². The Morgan fingerprint density at radius 2 is 2.47 bits per heavy atom. The predicted molar refractivity (Wildman–Crippen MR) is 68.6 cm³/mol. The summed E-state index contributed by atoms with van der Waals surface area (Å²) in [6.45, 7) is 1.99. The Hall–Kier alpha value is -1.19. The summed E-state index contributed by atoms with van der Waals surface area (Å²) in [5.74, 6) is 1.33. The number of aromatic nitrogens is 2. The summed E-state index contributed by atoms with van der Waals surface area (Å²) in [7, 11) is 0. The van der Waals surface area contributed by atoms with Crippen molar-refractivity contribution in [2.45, 2.75) is 25.7 Å². The molecule has 0 radical (unpaired) electrons. The number of thiophene rings is 1. The maximum Gasteiger partial charge on any atom is 0.229 e. The number of nitrogens with zero attached hydrogens (tertiary/aromatic N) is 3. The quantitative estimate of drug-likeness (QED) is 0.857. The van der Waals surface area contributed by atoms with Gasteiger partial charge in [-0.05, 0) is 28.4 Å². The predicted octanol–water partition coefficient (Wildman–Crippen LogP) is 3.97. The summed E-state index contributed by atoms with van der Waals surface area (Å²) in [5, 5.41) is 14.5. The van der Waals surface area contributed by atoms with Crippen LogP contribution in [0.25, 0.3) is 10.7 Å². The van der Waals surface area contributed by atoms with E-state index in [4.69, 9.17) is 9.78 Å². The van der Waals surface area contributed by atoms with E-state index in [0.29, 0.717) is 18.1 Å². The van der Waals surface area contributed by atoms with E-state index in [0.717, 1.165) is 15.8 Å². The van der Waals surface area contributed by atoms with Gasteiger partial charge < -0.3 is 4.52 Å². The lowest BCUT2D eigenvalue weighted by atomic mass is 10.1. The highest BCUT2D eigenvalue weighted by atomic mass is 79.9. The van der Waals surface area contributed by atoms with Crippen molar-refractivity contribution >= 4 is 27.3 Å². The van der Waals surface area contributed by atoms with E-state index in [9.17, 15) is 0 Å². The minimum absolute atomic E-state index is 0.124. The molecule has 2 aromatic rings. The van der Waals surface area contributed by atoms with Gasteiger partial charge in [0, 0.05) is 22.2 Å². The van der Waals surface area contributed by atoms with Crippen LogP contribution in [-0.4, -0.2) is 10.1 Å². The Kier molecular flexibility index (Phi) is 3.92. The van der Waals surface area contributed by atoms with Gasteiger partial charge in [-0.15, -0.1) is 11.3 Å². The first-order valence-corrected chi connectivity index (χ1v) is 6.83. The van der Waals surface area contributed by atoms with Gasteiger partial charge in [0.05, 0.1) is 10.9 Å². The zero-order chi connectivity index (χ0) is 12.3. The molecule has 0 bridgehead atoms. The van der Waals surface area contributed by atoms with E-state index < -0.39 is 0 Å². The highest BCUT2D eigenvalue weighted by molar-refractivity contribution is 9.10. The molecule has 1 unspecified atom stereocenters. The summed E-state index contributed by atoms with van der Waals surface area (Å²) in [5.41, 5.74) is 0. The highest BCUT2D eigenvalue weighted by Crippen LogP contribution is 2.29. The zero-order valence-electron chi connectivity index (χ0n) is 9.18. The minimum Gasteiger partial charge on any atom is -0.339 e. The molecule has 2 heterocycles. The molecule has 6 heteroatoms. The fourth-order valence-electron chi connectivity index (χ4n) is 1.37. The molecule has 2 aromatic heterocycles. The first-order chi connectivity index (χ1) is 8.20. The number of halogens is 1. The zero-order valence-corrected chi connectivity index (χ0v) is 11.6. The summed E-state index contributed by atoms with van der Waals surface area (Å²) in [6, 6.07) is 4.07. The van der Waals surface area contributed by atoms with Crippen LogP contribution >= 0.6 is 27.3 Å². The standard InChI is InChI=1S/C11H10BrN3OS/c1-7(3-2-4-13)11-14-10(15-16-11)9-5-8(12)6-17-9/h5-7H,2-3H2,1H3. The molecule has 0 fully saturated rings. The molecule has 4 nitrogen and oxygen atoms in total. The van der Waals surface area contributed by atoms with Gasteiger partial charge >= 0.3 is 0 Å². The molecule has 0 saturated carbocycles. The fraction of sp³-hybridized carbons (Fsp3) is 0.364. The number of nitriles is 1. The van der Waals surface area contributed by atoms with Crippen LogP contribution < -0.4 is 0 Å². The van der Waals surface area contributed by atoms with Crippen molar-refractivity contribution in [3.05, 3.63) is 21.8 Å². The summed E-state index contributed by atoms with van der Waals surface area (Å²) in [6.07, 6.45) is 1.25. The van der Waals surface area contributed by atoms with Crippen molar-refractivity contribution in [2.75, 3.05) is 0 Å². The number of hydrogen-bond donors (Lipinski definition) is 0. The average molecular weight is 312 g/mol. The van der Waals surface area contributed by atoms with Crippen molar-refractivity contribution in [1.29, 1.82) is 5.26 Å². The molecule has 0 aliphatic carbocycles. The maximum absolute atomic E-state index is 8.53. The van der Waals surface area contributed by atoms with Crippen LogP contribution in [0.1, 0.15) is 31.6 Å². The second-order valence-electron chi connectivity index (χ2n) is 3.68. The Balaban J connectivity index is 2.13. The van der Waals surface area contributed by atoms with E-state index in [1.54, 1.807) is 11.3 Å². The molecule has 0 aromatic carbocycles. The smallest absolute Gasteiger partial charge is 0.229 e. The second-order valence-corrected chi connectivity index (χ2v) is 5.51. The highest BCUT2D eigenvalue weighted by Gasteiger charge is 2.15. The Bertz CT molecular complexity index is 543. The number of rotatable bonds is 4. The SMILES string of the molecule is CC(CCC#N)c1nc(-c2cc(Br)cs2)no1. The summed E-state index contributed by atoms with van der Waals surface area (Å²) < 4.78 is 6.22. The van der Waals surface area contributed by atoms with Crippen molar-refractivity contribution in [2.24, 2.45) is 0 Å². The van der Waals surface area contributed by atoms with E-state index in [1.165, 1.54) is 0 Å². The van der Waals surface area contributed by atoms with Gasteiger partial charge in [-0.1, -0.05) is 12.1 Å². The molecule has 1 atom stereocenters. The van der Waals surface area contributed by atoms with Crippen molar-refractivity contribution in [3.8, 4) is 16.8 Å². The van der Waals surface area contributed by atoms with Crippen LogP contribution in [0.15, 0.2) is 20.4 Å². The third-order valence-corrected chi connectivity index (χ3v) is 4.03. The van der Waals surface area contributed by atoms with E-state index in [1.807, 2.05) is 18.4 Å². The first kappa shape index (κ1) is 12.3. The number of hydrogen-bond acceptors (Lipinski definition) is 5. The molecule has 0 saturated heterocycles. The van der Waals surface area contributed by atoms with Crippen LogP contribution in [-0.2, 0) is 0 Å². The van der Waals surface area contributed by atoms with Crippen LogP contribution in [0, 0.1) is 11.3 Å². The molecule has 2 rings (SSSR count). The van der Waals surface area contributed by atoms with Gasteiger partial charge in [-0.3, -0.25) is 0 Å². The minimum atomic E-state index is 0.124. The van der Waals surface area contributed by atoms with Gasteiger partial charge in [-0.2, -0.15) is 10.2 Å². The van der Waals surface area contributed by atoms with Crippen molar-refractivity contribution < 1.29 is 4.52 Å². The lowest BCUT2D eigenvalue weighted by Crippen LogP contribution is -1.93. The molecule has 0 N–H and O–H groups in total. The topological polar surface area (TPSA) is 62.7 Å². The van der Waals surface area contributed by atoms with Crippen molar-refractivity contribution in [3.63, 3.8) is 0 Å². The molecule has 0 amide bonds. The molecule has 17 heavy (non-hydrogen) atoms.